The fourth-order valence-electron chi connectivity index (χ4n) is 1.39. The molecular weight excluding hydrogens is 287 g/mol. The Morgan fingerprint density at radius 2 is 2.00 bits per heavy atom. The lowest BCUT2D eigenvalue weighted by atomic mass is 10.3. The number of aromatic nitrogens is 1. The second-order valence-electron chi connectivity index (χ2n) is 3.65. The summed E-state index contributed by atoms with van der Waals surface area (Å²) >= 11 is 11.7. The number of hydrogen-bond acceptors (Lipinski definition) is 4. The van der Waals surface area contributed by atoms with Gasteiger partial charge < -0.3 is 10.7 Å². The topological polar surface area (TPSA) is 80.0 Å². The van der Waals surface area contributed by atoms with Crippen molar-refractivity contribution >= 4 is 40.5 Å². The molecule has 0 atom stereocenters. The second-order valence-corrected chi connectivity index (χ2v) is 4.50. The summed E-state index contributed by atoms with van der Waals surface area (Å²) in [5, 5.41) is 3.51. The Morgan fingerprint density at radius 3 is 2.58 bits per heavy atom. The van der Waals surface area contributed by atoms with Gasteiger partial charge in [0.1, 0.15) is 5.69 Å². The zero-order valence-corrected chi connectivity index (χ0v) is 11.2. The first kappa shape index (κ1) is 13.6. The first-order valence-corrected chi connectivity index (χ1v) is 6.05. The van der Waals surface area contributed by atoms with Crippen LogP contribution in [0.1, 0.15) is 10.5 Å². The van der Waals surface area contributed by atoms with Crippen LogP contribution in [0.5, 0.6) is 0 Å². The van der Waals surface area contributed by atoms with Crippen LogP contribution in [0.25, 0.3) is 0 Å². The molecule has 0 saturated carbocycles. The molecule has 4 N–H and O–H groups in total. The normalized spacial score (nSPS) is 10.1. The molecule has 0 radical (unpaired) electrons. The minimum absolute atomic E-state index is 0.255. The molecule has 19 heavy (non-hydrogen) atoms. The van der Waals surface area contributed by atoms with Crippen LogP contribution in [0.3, 0.4) is 0 Å². The van der Waals surface area contributed by atoms with E-state index < -0.39 is 0 Å². The van der Waals surface area contributed by atoms with Gasteiger partial charge in [0.2, 0.25) is 0 Å². The average Bonchev–Trinajstić information content (AvgIpc) is 2.42. The number of carbonyl (C=O) groups is 1. The van der Waals surface area contributed by atoms with Gasteiger partial charge in [-0.1, -0.05) is 23.2 Å². The van der Waals surface area contributed by atoms with Crippen molar-refractivity contribution in [3.05, 3.63) is 52.3 Å². The molecule has 0 spiro atoms. The highest BCUT2D eigenvalue weighted by Crippen LogP contribution is 2.25. The Morgan fingerprint density at radius 1 is 1.21 bits per heavy atom. The SMILES string of the molecule is NNc1ccc(C(=O)Nc2ccc(Cl)cc2Cl)nc1. The summed E-state index contributed by atoms with van der Waals surface area (Å²) < 4.78 is 0. The molecule has 0 bridgehead atoms. The molecule has 2 rings (SSSR count). The number of halogens is 2. The first-order chi connectivity index (χ1) is 9.10. The predicted octanol–water partition coefficient (Wildman–Crippen LogP) is 2.93. The van der Waals surface area contributed by atoms with E-state index >= 15 is 0 Å². The molecule has 1 aromatic carbocycles. The lowest BCUT2D eigenvalue weighted by Gasteiger charge is -2.07. The van der Waals surface area contributed by atoms with E-state index in [4.69, 9.17) is 29.0 Å². The third kappa shape index (κ3) is 3.35. The number of hydrogen-bond donors (Lipinski definition) is 3. The maximum absolute atomic E-state index is 11.9. The van der Waals surface area contributed by atoms with Crippen molar-refractivity contribution in [1.82, 2.24) is 4.98 Å². The van der Waals surface area contributed by atoms with Gasteiger partial charge in [0.15, 0.2) is 0 Å². The van der Waals surface area contributed by atoms with E-state index in [1.165, 1.54) is 6.20 Å². The van der Waals surface area contributed by atoms with Gasteiger partial charge in [-0.25, -0.2) is 4.98 Å². The Kier molecular flexibility index (Phi) is 4.21. The number of hydrazine groups is 1. The summed E-state index contributed by atoms with van der Waals surface area (Å²) in [5.41, 5.74) is 3.77. The molecule has 0 aliphatic carbocycles. The van der Waals surface area contributed by atoms with E-state index in [0.29, 0.717) is 21.4 Å². The molecule has 7 heteroatoms. The van der Waals surface area contributed by atoms with Crippen molar-refractivity contribution in [1.29, 1.82) is 0 Å². The lowest BCUT2D eigenvalue weighted by molar-refractivity contribution is 0.102. The molecule has 0 aliphatic heterocycles. The van der Waals surface area contributed by atoms with Gasteiger partial charge in [0.25, 0.3) is 5.91 Å². The molecule has 98 valence electrons. The number of pyridine rings is 1. The lowest BCUT2D eigenvalue weighted by Crippen LogP contribution is -2.14. The van der Waals surface area contributed by atoms with Crippen LogP contribution in [-0.4, -0.2) is 10.9 Å². The monoisotopic (exact) mass is 296 g/mol. The number of anilines is 2. The summed E-state index contributed by atoms with van der Waals surface area (Å²) in [7, 11) is 0. The fourth-order valence-corrected chi connectivity index (χ4v) is 1.85. The average molecular weight is 297 g/mol. The van der Waals surface area contributed by atoms with Crippen molar-refractivity contribution in [3.63, 3.8) is 0 Å². The zero-order chi connectivity index (χ0) is 13.8. The van der Waals surface area contributed by atoms with Crippen LogP contribution in [-0.2, 0) is 0 Å². The molecule has 5 nitrogen and oxygen atoms in total. The first-order valence-electron chi connectivity index (χ1n) is 5.29. The smallest absolute Gasteiger partial charge is 0.274 e. The van der Waals surface area contributed by atoms with E-state index in [9.17, 15) is 4.79 Å². The van der Waals surface area contributed by atoms with Crippen LogP contribution in [0.15, 0.2) is 36.5 Å². The molecule has 1 aromatic heterocycles. The highest BCUT2D eigenvalue weighted by molar-refractivity contribution is 6.36. The Balaban J connectivity index is 2.15. The Hall–Kier alpha value is -1.82. The summed E-state index contributed by atoms with van der Waals surface area (Å²) in [6.07, 6.45) is 1.46. The number of amides is 1. The molecule has 0 unspecified atom stereocenters. The highest BCUT2D eigenvalue weighted by Gasteiger charge is 2.10. The standard InChI is InChI=1S/C12H10Cl2N4O/c13-7-1-3-10(9(14)5-7)17-12(19)11-4-2-8(18-15)6-16-11/h1-6,18H,15H2,(H,17,19). The Bertz CT molecular complexity index is 601. The number of nitrogen functional groups attached to an aromatic ring is 1. The van der Waals surface area contributed by atoms with Crippen molar-refractivity contribution in [3.8, 4) is 0 Å². The minimum Gasteiger partial charge on any atom is -0.323 e. The largest absolute Gasteiger partial charge is 0.323 e. The highest BCUT2D eigenvalue weighted by atomic mass is 35.5. The van der Waals surface area contributed by atoms with Crippen molar-refractivity contribution in [2.24, 2.45) is 5.84 Å². The van der Waals surface area contributed by atoms with Crippen LogP contribution in [0.4, 0.5) is 11.4 Å². The summed E-state index contributed by atoms with van der Waals surface area (Å²) in [5.74, 6) is 4.85. The van der Waals surface area contributed by atoms with Gasteiger partial charge in [-0.2, -0.15) is 0 Å². The van der Waals surface area contributed by atoms with Gasteiger partial charge in [0.05, 0.1) is 22.6 Å². The zero-order valence-electron chi connectivity index (χ0n) is 9.65. The van der Waals surface area contributed by atoms with Gasteiger partial charge in [-0.05, 0) is 30.3 Å². The molecule has 1 heterocycles. The van der Waals surface area contributed by atoms with E-state index in [-0.39, 0.29) is 11.6 Å². The van der Waals surface area contributed by atoms with E-state index in [0.717, 1.165) is 0 Å². The van der Waals surface area contributed by atoms with Crippen LogP contribution >= 0.6 is 23.2 Å². The third-order valence-electron chi connectivity index (χ3n) is 2.34. The number of nitrogens with one attached hydrogen (secondary N) is 2. The number of nitrogens with zero attached hydrogens (tertiary/aromatic N) is 1. The van der Waals surface area contributed by atoms with Crippen molar-refractivity contribution in [2.75, 3.05) is 10.7 Å². The van der Waals surface area contributed by atoms with E-state index in [1.807, 2.05) is 0 Å². The molecular formula is C12H10Cl2N4O. The fraction of sp³-hybridized carbons (Fsp3) is 0. The molecule has 0 saturated heterocycles. The maximum Gasteiger partial charge on any atom is 0.274 e. The van der Waals surface area contributed by atoms with Gasteiger partial charge in [0, 0.05) is 5.02 Å². The van der Waals surface area contributed by atoms with Gasteiger partial charge in [-0.3, -0.25) is 10.6 Å². The van der Waals surface area contributed by atoms with E-state index in [1.54, 1.807) is 30.3 Å². The number of rotatable bonds is 3. The summed E-state index contributed by atoms with van der Waals surface area (Å²) in [6, 6.07) is 8.00. The van der Waals surface area contributed by atoms with Crippen molar-refractivity contribution < 1.29 is 4.79 Å². The summed E-state index contributed by atoms with van der Waals surface area (Å²) in [4.78, 5) is 15.9. The molecule has 1 amide bonds. The van der Waals surface area contributed by atoms with Crippen LogP contribution in [0.2, 0.25) is 10.0 Å². The predicted molar refractivity (Wildman–Crippen MR) is 76.5 cm³/mol. The summed E-state index contributed by atoms with van der Waals surface area (Å²) in [6.45, 7) is 0. The minimum atomic E-state index is -0.368. The van der Waals surface area contributed by atoms with Crippen molar-refractivity contribution in [2.45, 2.75) is 0 Å². The number of nitrogens with two attached hydrogens (primary N) is 1. The molecule has 2 aromatic rings. The van der Waals surface area contributed by atoms with Crippen LogP contribution in [0, 0.1) is 0 Å². The number of carbonyl (C=O) groups excluding carboxylic acids is 1. The van der Waals surface area contributed by atoms with Gasteiger partial charge >= 0.3 is 0 Å². The van der Waals surface area contributed by atoms with E-state index in [2.05, 4.69) is 15.7 Å². The quantitative estimate of drug-likeness (QED) is 0.601. The Labute approximate surface area is 119 Å². The second kappa shape index (κ2) is 5.88. The van der Waals surface area contributed by atoms with Crippen LogP contribution < -0.4 is 16.6 Å². The third-order valence-corrected chi connectivity index (χ3v) is 2.89. The van der Waals surface area contributed by atoms with Gasteiger partial charge in [-0.15, -0.1) is 0 Å². The number of benzene rings is 1. The molecule has 0 aliphatic rings. The molecule has 0 fully saturated rings. The maximum atomic E-state index is 11.9.